The van der Waals surface area contributed by atoms with Crippen LogP contribution in [0.1, 0.15) is 36.4 Å². The number of rotatable bonds is 3. The van der Waals surface area contributed by atoms with Gasteiger partial charge in [0.1, 0.15) is 5.75 Å². The Morgan fingerprint density at radius 3 is 2.83 bits per heavy atom. The zero-order chi connectivity index (χ0) is 16.7. The van der Waals surface area contributed by atoms with E-state index in [1.807, 2.05) is 31.2 Å². The van der Waals surface area contributed by atoms with Crippen molar-refractivity contribution in [3.8, 4) is 5.75 Å². The molecule has 1 heterocycles. The van der Waals surface area contributed by atoms with E-state index in [2.05, 4.69) is 29.6 Å². The predicted molar refractivity (Wildman–Crippen MR) is 100 cm³/mol. The van der Waals surface area contributed by atoms with Gasteiger partial charge in [-0.15, -0.1) is 0 Å². The molecule has 2 aromatic rings. The Bertz CT molecular complexity index is 802. The van der Waals surface area contributed by atoms with Crippen LogP contribution in [0.3, 0.4) is 0 Å². The van der Waals surface area contributed by atoms with Gasteiger partial charge in [0, 0.05) is 16.0 Å². The van der Waals surface area contributed by atoms with E-state index in [1.54, 1.807) is 0 Å². The molecule has 0 bridgehead atoms. The summed E-state index contributed by atoms with van der Waals surface area (Å²) in [5, 5.41) is 5.08. The fourth-order valence-corrected chi connectivity index (χ4v) is 4.46. The van der Waals surface area contributed by atoms with E-state index in [4.69, 9.17) is 27.9 Å². The number of halogens is 2. The molecule has 1 N–H and O–H groups in total. The van der Waals surface area contributed by atoms with Crippen LogP contribution in [0.25, 0.3) is 0 Å². The highest BCUT2D eigenvalue weighted by molar-refractivity contribution is 6.35. The number of benzene rings is 2. The second kappa shape index (κ2) is 6.34. The number of anilines is 1. The SMILES string of the molecule is CCOc1cccc2c1NC(c1ccc(Cl)cc1Cl)C1CC=CC21. The van der Waals surface area contributed by atoms with Crippen molar-refractivity contribution < 1.29 is 4.74 Å². The molecule has 3 unspecified atom stereocenters. The number of ether oxygens (including phenoxy) is 1. The van der Waals surface area contributed by atoms with Crippen LogP contribution in [0.5, 0.6) is 5.75 Å². The molecule has 1 aliphatic carbocycles. The molecule has 1 aliphatic heterocycles. The Morgan fingerprint density at radius 1 is 1.17 bits per heavy atom. The van der Waals surface area contributed by atoms with Gasteiger partial charge in [-0.1, -0.05) is 53.6 Å². The summed E-state index contributed by atoms with van der Waals surface area (Å²) in [6.45, 7) is 2.66. The fourth-order valence-electron chi connectivity index (χ4n) is 3.93. The van der Waals surface area contributed by atoms with Crippen molar-refractivity contribution in [1.29, 1.82) is 0 Å². The van der Waals surface area contributed by atoms with Crippen LogP contribution in [0.4, 0.5) is 5.69 Å². The Morgan fingerprint density at radius 2 is 2.04 bits per heavy atom. The molecule has 0 saturated carbocycles. The van der Waals surface area contributed by atoms with Gasteiger partial charge in [0.25, 0.3) is 0 Å². The zero-order valence-electron chi connectivity index (χ0n) is 13.4. The summed E-state index contributed by atoms with van der Waals surface area (Å²) < 4.78 is 5.85. The van der Waals surface area contributed by atoms with E-state index < -0.39 is 0 Å². The highest BCUT2D eigenvalue weighted by Gasteiger charge is 2.39. The molecular weight excluding hydrogens is 341 g/mol. The average Bonchev–Trinajstić information content (AvgIpc) is 3.05. The van der Waals surface area contributed by atoms with Gasteiger partial charge in [0.15, 0.2) is 0 Å². The summed E-state index contributed by atoms with van der Waals surface area (Å²) in [5.41, 5.74) is 3.49. The average molecular weight is 360 g/mol. The number of para-hydroxylation sites is 1. The van der Waals surface area contributed by atoms with Crippen LogP contribution in [0.2, 0.25) is 10.0 Å². The summed E-state index contributed by atoms with van der Waals surface area (Å²) in [6, 6.07) is 12.2. The molecule has 3 atom stereocenters. The Balaban J connectivity index is 1.81. The van der Waals surface area contributed by atoms with E-state index in [0.29, 0.717) is 28.5 Å². The van der Waals surface area contributed by atoms with Crippen LogP contribution in [0.15, 0.2) is 48.6 Å². The number of hydrogen-bond acceptors (Lipinski definition) is 2. The lowest BCUT2D eigenvalue weighted by Crippen LogP contribution is -2.29. The molecule has 0 amide bonds. The van der Waals surface area contributed by atoms with Crippen LogP contribution < -0.4 is 10.1 Å². The third kappa shape index (κ3) is 2.58. The van der Waals surface area contributed by atoms with Crippen molar-refractivity contribution in [1.82, 2.24) is 0 Å². The number of allylic oxidation sites excluding steroid dienone is 2. The first-order valence-electron chi connectivity index (χ1n) is 8.33. The minimum absolute atomic E-state index is 0.142. The van der Waals surface area contributed by atoms with Crippen molar-refractivity contribution in [3.05, 3.63) is 69.7 Å². The largest absolute Gasteiger partial charge is 0.492 e. The summed E-state index contributed by atoms with van der Waals surface area (Å²) in [4.78, 5) is 0. The summed E-state index contributed by atoms with van der Waals surface area (Å²) in [5.74, 6) is 1.75. The smallest absolute Gasteiger partial charge is 0.142 e. The summed E-state index contributed by atoms with van der Waals surface area (Å²) in [6.07, 6.45) is 5.63. The first-order valence-corrected chi connectivity index (χ1v) is 9.08. The van der Waals surface area contributed by atoms with Crippen molar-refractivity contribution in [2.75, 3.05) is 11.9 Å². The van der Waals surface area contributed by atoms with E-state index in [9.17, 15) is 0 Å². The van der Waals surface area contributed by atoms with Gasteiger partial charge < -0.3 is 10.1 Å². The molecule has 0 fully saturated rings. The standard InChI is InChI=1S/C20H19Cl2NO/c1-2-24-18-8-4-7-15-13-5-3-6-14(13)19(23-20(15)18)16-10-9-12(21)11-17(16)22/h3-5,7-11,13-14,19,23H,2,6H2,1H3. The minimum atomic E-state index is 0.142. The van der Waals surface area contributed by atoms with Crippen LogP contribution in [-0.2, 0) is 0 Å². The number of hydrogen-bond donors (Lipinski definition) is 1. The highest BCUT2D eigenvalue weighted by atomic mass is 35.5. The topological polar surface area (TPSA) is 21.3 Å². The van der Waals surface area contributed by atoms with Crippen molar-refractivity contribution in [2.45, 2.75) is 25.3 Å². The molecule has 0 radical (unpaired) electrons. The monoisotopic (exact) mass is 359 g/mol. The van der Waals surface area contributed by atoms with Crippen molar-refractivity contribution in [3.63, 3.8) is 0 Å². The molecule has 2 nitrogen and oxygen atoms in total. The van der Waals surface area contributed by atoms with Gasteiger partial charge in [0.2, 0.25) is 0 Å². The van der Waals surface area contributed by atoms with E-state index in [0.717, 1.165) is 23.4 Å². The molecule has 4 rings (SSSR count). The molecule has 2 aromatic carbocycles. The first kappa shape index (κ1) is 15.9. The van der Waals surface area contributed by atoms with Crippen LogP contribution in [0, 0.1) is 5.92 Å². The molecule has 2 aliphatic rings. The van der Waals surface area contributed by atoms with Crippen LogP contribution >= 0.6 is 23.2 Å². The molecule has 4 heteroatoms. The van der Waals surface area contributed by atoms with Gasteiger partial charge in [0.05, 0.1) is 18.3 Å². The second-order valence-corrected chi connectivity index (χ2v) is 7.14. The predicted octanol–water partition coefficient (Wildman–Crippen LogP) is 6.22. The molecule has 0 aromatic heterocycles. The number of fused-ring (bicyclic) bond motifs is 3. The fraction of sp³-hybridized carbons (Fsp3) is 0.300. The second-order valence-electron chi connectivity index (χ2n) is 6.29. The van der Waals surface area contributed by atoms with Gasteiger partial charge in [-0.2, -0.15) is 0 Å². The maximum atomic E-state index is 6.51. The number of nitrogens with one attached hydrogen (secondary N) is 1. The lowest BCUT2D eigenvalue weighted by Gasteiger charge is -2.38. The van der Waals surface area contributed by atoms with Gasteiger partial charge >= 0.3 is 0 Å². The molecular formula is C20H19Cl2NO. The third-order valence-electron chi connectivity index (χ3n) is 4.96. The van der Waals surface area contributed by atoms with E-state index >= 15 is 0 Å². The molecule has 124 valence electrons. The maximum absolute atomic E-state index is 6.51. The summed E-state index contributed by atoms with van der Waals surface area (Å²) in [7, 11) is 0. The summed E-state index contributed by atoms with van der Waals surface area (Å²) >= 11 is 12.6. The first-order chi connectivity index (χ1) is 11.7. The Kier molecular flexibility index (Phi) is 4.19. The van der Waals surface area contributed by atoms with Crippen LogP contribution in [-0.4, -0.2) is 6.61 Å². The van der Waals surface area contributed by atoms with Gasteiger partial charge in [-0.25, -0.2) is 0 Å². The third-order valence-corrected chi connectivity index (χ3v) is 5.52. The zero-order valence-corrected chi connectivity index (χ0v) is 14.9. The van der Waals surface area contributed by atoms with Crippen molar-refractivity contribution >= 4 is 28.9 Å². The lowest BCUT2D eigenvalue weighted by atomic mass is 9.77. The van der Waals surface area contributed by atoms with Crippen molar-refractivity contribution in [2.24, 2.45) is 5.92 Å². The maximum Gasteiger partial charge on any atom is 0.142 e. The molecule has 24 heavy (non-hydrogen) atoms. The van der Waals surface area contributed by atoms with Gasteiger partial charge in [-0.3, -0.25) is 0 Å². The minimum Gasteiger partial charge on any atom is -0.492 e. The normalized spacial score (nSPS) is 24.2. The highest BCUT2D eigenvalue weighted by Crippen LogP contribution is 2.53. The van der Waals surface area contributed by atoms with E-state index in [-0.39, 0.29) is 6.04 Å². The van der Waals surface area contributed by atoms with E-state index in [1.165, 1.54) is 5.56 Å². The quantitative estimate of drug-likeness (QED) is 0.656. The lowest BCUT2D eigenvalue weighted by molar-refractivity contribution is 0.337. The Hall–Kier alpha value is -1.64. The molecule has 0 spiro atoms. The molecule has 0 saturated heterocycles. The Labute approximate surface area is 152 Å². The van der Waals surface area contributed by atoms with Gasteiger partial charge in [-0.05, 0) is 48.6 Å².